The molecule has 6 heteroatoms. The largest absolute Gasteiger partial charge is 0.476 e. The average molecular weight is 448 g/mol. The molecular weight excluding hydrogens is 428 g/mol. The molecule has 0 spiro atoms. The molecule has 34 heavy (non-hydrogen) atoms. The van der Waals surface area contributed by atoms with Crippen LogP contribution in [0.2, 0.25) is 0 Å². The van der Waals surface area contributed by atoms with Crippen LogP contribution in [0.25, 0.3) is 0 Å². The van der Waals surface area contributed by atoms with E-state index in [0.29, 0.717) is 33.8 Å². The van der Waals surface area contributed by atoms with Crippen molar-refractivity contribution in [2.24, 2.45) is 0 Å². The van der Waals surface area contributed by atoms with E-state index in [9.17, 15) is 14.4 Å². The molecular formula is C28H20N2O4. The van der Waals surface area contributed by atoms with Gasteiger partial charge >= 0.3 is 0 Å². The molecule has 1 N–H and O–H groups in total. The van der Waals surface area contributed by atoms with Gasteiger partial charge in [0.2, 0.25) is 6.10 Å². The minimum Gasteiger partial charge on any atom is -0.476 e. The van der Waals surface area contributed by atoms with E-state index in [1.165, 1.54) is 0 Å². The van der Waals surface area contributed by atoms with Gasteiger partial charge in [0.25, 0.3) is 17.7 Å². The first kappa shape index (κ1) is 21.2. The van der Waals surface area contributed by atoms with Gasteiger partial charge in [-0.3, -0.25) is 14.4 Å². The molecule has 0 aromatic heterocycles. The Kier molecular flexibility index (Phi) is 5.62. The first-order valence-electron chi connectivity index (χ1n) is 10.8. The van der Waals surface area contributed by atoms with Crippen LogP contribution in [0.15, 0.2) is 109 Å². The normalized spacial score (nSPS) is 13.4. The van der Waals surface area contributed by atoms with Gasteiger partial charge in [0.1, 0.15) is 5.75 Å². The smallest absolute Gasteiger partial charge is 0.270 e. The fourth-order valence-corrected chi connectivity index (χ4v) is 3.89. The summed E-state index contributed by atoms with van der Waals surface area (Å²) in [4.78, 5) is 40.1. The van der Waals surface area contributed by atoms with Crippen molar-refractivity contribution in [3.05, 3.63) is 126 Å². The van der Waals surface area contributed by atoms with E-state index in [1.807, 2.05) is 48.5 Å². The van der Waals surface area contributed by atoms with Crippen LogP contribution >= 0.6 is 0 Å². The molecule has 3 amide bonds. The van der Waals surface area contributed by atoms with Gasteiger partial charge < -0.3 is 10.1 Å². The summed E-state index contributed by atoms with van der Waals surface area (Å²) in [6, 6.07) is 31.7. The molecule has 0 radical (unpaired) electrons. The van der Waals surface area contributed by atoms with Crippen LogP contribution in [-0.2, 0) is 4.79 Å². The standard InChI is InChI=1S/C28H20N2O4/c31-26(25(19-10-3-1-4-11-19)34-22-14-5-2-6-15-22)29-20-12-9-13-21(18-20)30-27(32)23-16-7-8-17-24(23)28(30)33/h1-18,25H,(H,29,31). The Balaban J connectivity index is 1.40. The summed E-state index contributed by atoms with van der Waals surface area (Å²) in [6.45, 7) is 0. The third-order valence-electron chi connectivity index (χ3n) is 5.50. The molecule has 1 aliphatic rings. The Morgan fingerprint density at radius 3 is 1.94 bits per heavy atom. The summed E-state index contributed by atoms with van der Waals surface area (Å²) in [6.07, 6.45) is -0.897. The minimum atomic E-state index is -0.897. The maximum absolute atomic E-state index is 13.3. The van der Waals surface area contributed by atoms with Crippen molar-refractivity contribution in [2.75, 3.05) is 10.2 Å². The Morgan fingerprint density at radius 2 is 1.29 bits per heavy atom. The molecule has 1 heterocycles. The zero-order valence-electron chi connectivity index (χ0n) is 18.0. The predicted octanol–water partition coefficient (Wildman–Crippen LogP) is 5.25. The fourth-order valence-electron chi connectivity index (χ4n) is 3.89. The lowest BCUT2D eigenvalue weighted by molar-refractivity contribution is -0.123. The monoisotopic (exact) mass is 448 g/mol. The number of anilines is 2. The summed E-state index contributed by atoms with van der Waals surface area (Å²) >= 11 is 0. The van der Waals surface area contributed by atoms with E-state index < -0.39 is 17.9 Å². The molecule has 4 aromatic rings. The van der Waals surface area contributed by atoms with Crippen LogP contribution in [-0.4, -0.2) is 17.7 Å². The average Bonchev–Trinajstić information content (AvgIpc) is 3.14. The number of benzene rings is 4. The highest BCUT2D eigenvalue weighted by Crippen LogP contribution is 2.30. The number of hydrogen-bond acceptors (Lipinski definition) is 4. The molecule has 1 unspecified atom stereocenters. The van der Waals surface area contributed by atoms with Crippen LogP contribution in [0.1, 0.15) is 32.4 Å². The zero-order valence-corrected chi connectivity index (χ0v) is 18.0. The SMILES string of the molecule is O=C(Nc1cccc(N2C(=O)c3ccccc3C2=O)c1)C(Oc1ccccc1)c1ccccc1. The zero-order chi connectivity index (χ0) is 23.5. The van der Waals surface area contributed by atoms with E-state index in [2.05, 4.69) is 5.32 Å². The van der Waals surface area contributed by atoms with Gasteiger partial charge in [0.05, 0.1) is 16.8 Å². The first-order valence-corrected chi connectivity index (χ1v) is 10.8. The Morgan fingerprint density at radius 1 is 0.706 bits per heavy atom. The van der Waals surface area contributed by atoms with Crippen molar-refractivity contribution in [3.8, 4) is 5.75 Å². The Bertz CT molecular complexity index is 1330. The van der Waals surface area contributed by atoms with Gasteiger partial charge in [-0.05, 0) is 42.5 Å². The molecule has 166 valence electrons. The number of rotatable bonds is 6. The Hall–Kier alpha value is -4.71. The molecule has 1 aliphatic heterocycles. The minimum absolute atomic E-state index is 0.363. The van der Waals surface area contributed by atoms with Gasteiger partial charge in [0.15, 0.2) is 0 Å². The number of para-hydroxylation sites is 1. The second-order valence-electron chi connectivity index (χ2n) is 7.75. The fraction of sp³-hybridized carbons (Fsp3) is 0.0357. The summed E-state index contributed by atoms with van der Waals surface area (Å²) < 4.78 is 6.01. The number of fused-ring (bicyclic) bond motifs is 1. The van der Waals surface area contributed by atoms with Crippen molar-refractivity contribution < 1.29 is 19.1 Å². The number of ether oxygens (including phenoxy) is 1. The van der Waals surface area contributed by atoms with Crippen molar-refractivity contribution in [1.29, 1.82) is 0 Å². The quantitative estimate of drug-likeness (QED) is 0.409. The number of nitrogens with one attached hydrogen (secondary N) is 1. The first-order chi connectivity index (χ1) is 16.6. The van der Waals surface area contributed by atoms with Crippen LogP contribution in [0, 0.1) is 0 Å². The lowest BCUT2D eigenvalue weighted by atomic mass is 10.1. The molecule has 4 aromatic carbocycles. The maximum Gasteiger partial charge on any atom is 0.270 e. The van der Waals surface area contributed by atoms with E-state index in [4.69, 9.17) is 4.74 Å². The number of carbonyl (C=O) groups is 3. The number of amides is 3. The highest BCUT2D eigenvalue weighted by Gasteiger charge is 2.36. The van der Waals surface area contributed by atoms with Gasteiger partial charge in [0, 0.05) is 11.3 Å². The second-order valence-corrected chi connectivity index (χ2v) is 7.75. The molecule has 1 atom stereocenters. The molecule has 0 fully saturated rings. The molecule has 5 rings (SSSR count). The van der Waals surface area contributed by atoms with E-state index in [0.717, 1.165) is 4.90 Å². The van der Waals surface area contributed by atoms with Crippen molar-refractivity contribution in [2.45, 2.75) is 6.10 Å². The van der Waals surface area contributed by atoms with E-state index in [1.54, 1.807) is 60.7 Å². The van der Waals surface area contributed by atoms with Crippen molar-refractivity contribution in [3.63, 3.8) is 0 Å². The second kappa shape index (κ2) is 9.03. The van der Waals surface area contributed by atoms with Crippen LogP contribution < -0.4 is 15.0 Å². The lowest BCUT2D eigenvalue weighted by Crippen LogP contribution is -2.29. The van der Waals surface area contributed by atoms with Gasteiger partial charge in [-0.15, -0.1) is 0 Å². The van der Waals surface area contributed by atoms with Gasteiger partial charge in [-0.1, -0.05) is 66.7 Å². The summed E-state index contributed by atoms with van der Waals surface area (Å²) in [5.74, 6) is -0.599. The highest BCUT2D eigenvalue weighted by molar-refractivity contribution is 6.34. The third-order valence-corrected chi connectivity index (χ3v) is 5.50. The molecule has 0 aliphatic carbocycles. The number of imide groups is 1. The van der Waals surface area contributed by atoms with Crippen LogP contribution in [0.5, 0.6) is 5.75 Å². The molecule has 0 saturated carbocycles. The molecule has 0 bridgehead atoms. The van der Waals surface area contributed by atoms with Crippen molar-refractivity contribution >= 4 is 29.1 Å². The lowest BCUT2D eigenvalue weighted by Gasteiger charge is -2.20. The van der Waals surface area contributed by atoms with E-state index in [-0.39, 0.29) is 5.91 Å². The van der Waals surface area contributed by atoms with E-state index >= 15 is 0 Å². The van der Waals surface area contributed by atoms with Crippen molar-refractivity contribution in [1.82, 2.24) is 0 Å². The summed E-state index contributed by atoms with van der Waals surface area (Å²) in [7, 11) is 0. The van der Waals surface area contributed by atoms with Gasteiger partial charge in [-0.25, -0.2) is 4.90 Å². The third kappa shape index (κ3) is 4.04. The maximum atomic E-state index is 13.3. The topological polar surface area (TPSA) is 75.7 Å². The summed E-state index contributed by atoms with van der Waals surface area (Å²) in [5.41, 5.74) is 2.24. The summed E-state index contributed by atoms with van der Waals surface area (Å²) in [5, 5.41) is 2.86. The Labute approximate surface area is 196 Å². The number of hydrogen-bond donors (Lipinski definition) is 1. The number of nitrogens with zero attached hydrogens (tertiary/aromatic N) is 1. The van der Waals surface area contributed by atoms with Crippen LogP contribution in [0.3, 0.4) is 0 Å². The number of carbonyl (C=O) groups excluding carboxylic acids is 3. The predicted molar refractivity (Wildman–Crippen MR) is 129 cm³/mol. The van der Waals surface area contributed by atoms with Gasteiger partial charge in [-0.2, -0.15) is 0 Å². The molecule has 6 nitrogen and oxygen atoms in total. The van der Waals surface area contributed by atoms with Crippen LogP contribution in [0.4, 0.5) is 11.4 Å². The molecule has 0 saturated heterocycles. The highest BCUT2D eigenvalue weighted by atomic mass is 16.5.